The SMILES string of the molecule is CC(=O)Nc1nc2n(n1)[C@H](c1ccccc1Cl)C[C@H](c1ccc(Cl)cc1)N2. The van der Waals surface area contributed by atoms with E-state index in [0.717, 1.165) is 17.5 Å². The molecule has 1 aliphatic heterocycles. The normalized spacial score (nSPS) is 18.5. The van der Waals surface area contributed by atoms with Crippen LogP contribution in [0.4, 0.5) is 11.9 Å². The highest BCUT2D eigenvalue weighted by atomic mass is 35.5. The summed E-state index contributed by atoms with van der Waals surface area (Å²) in [5.74, 6) is 0.621. The number of hydrogen-bond acceptors (Lipinski definition) is 4. The van der Waals surface area contributed by atoms with Gasteiger partial charge in [0.1, 0.15) is 0 Å². The Morgan fingerprint density at radius 3 is 2.63 bits per heavy atom. The van der Waals surface area contributed by atoms with Crippen molar-refractivity contribution in [2.45, 2.75) is 25.4 Å². The van der Waals surface area contributed by atoms with Gasteiger partial charge in [-0.25, -0.2) is 4.68 Å². The van der Waals surface area contributed by atoms with E-state index in [0.29, 0.717) is 16.0 Å². The van der Waals surface area contributed by atoms with Crippen LogP contribution in [-0.2, 0) is 4.79 Å². The summed E-state index contributed by atoms with van der Waals surface area (Å²) in [7, 11) is 0. The maximum Gasteiger partial charge on any atom is 0.250 e. The summed E-state index contributed by atoms with van der Waals surface area (Å²) >= 11 is 12.5. The van der Waals surface area contributed by atoms with E-state index in [1.807, 2.05) is 48.5 Å². The molecule has 138 valence electrons. The van der Waals surface area contributed by atoms with Gasteiger partial charge in [-0.2, -0.15) is 4.98 Å². The number of halogens is 2. The lowest BCUT2D eigenvalue weighted by Gasteiger charge is -2.32. The molecule has 0 fully saturated rings. The van der Waals surface area contributed by atoms with Crippen molar-refractivity contribution < 1.29 is 4.79 Å². The number of amides is 1. The minimum Gasteiger partial charge on any atom is -0.347 e. The topological polar surface area (TPSA) is 71.8 Å². The number of nitrogens with zero attached hydrogens (tertiary/aromatic N) is 3. The average Bonchev–Trinajstić information content (AvgIpc) is 3.03. The van der Waals surface area contributed by atoms with E-state index in [2.05, 4.69) is 20.7 Å². The van der Waals surface area contributed by atoms with Crippen LogP contribution < -0.4 is 10.6 Å². The molecule has 0 unspecified atom stereocenters. The number of carbonyl (C=O) groups is 1. The molecule has 0 aliphatic carbocycles. The molecule has 0 spiro atoms. The average molecular weight is 402 g/mol. The van der Waals surface area contributed by atoms with Crippen LogP contribution in [0, 0.1) is 0 Å². The van der Waals surface area contributed by atoms with Crippen molar-refractivity contribution >= 4 is 41.0 Å². The summed E-state index contributed by atoms with van der Waals surface area (Å²) in [6.45, 7) is 1.43. The molecule has 4 rings (SSSR count). The maximum absolute atomic E-state index is 11.4. The Morgan fingerprint density at radius 2 is 1.93 bits per heavy atom. The Balaban J connectivity index is 1.77. The number of nitrogens with one attached hydrogen (secondary N) is 2. The van der Waals surface area contributed by atoms with E-state index in [4.69, 9.17) is 23.2 Å². The van der Waals surface area contributed by atoms with Crippen LogP contribution in [0.2, 0.25) is 10.0 Å². The molecule has 27 heavy (non-hydrogen) atoms. The molecular formula is C19H17Cl2N5O. The summed E-state index contributed by atoms with van der Waals surface area (Å²) in [5.41, 5.74) is 2.05. The van der Waals surface area contributed by atoms with Gasteiger partial charge >= 0.3 is 0 Å². The number of carbonyl (C=O) groups excluding carboxylic acids is 1. The van der Waals surface area contributed by atoms with Crippen LogP contribution >= 0.6 is 23.2 Å². The monoisotopic (exact) mass is 401 g/mol. The van der Waals surface area contributed by atoms with Gasteiger partial charge in [-0.15, -0.1) is 5.10 Å². The lowest BCUT2D eigenvalue weighted by Crippen LogP contribution is -2.28. The van der Waals surface area contributed by atoms with Crippen LogP contribution in [0.5, 0.6) is 0 Å². The first-order valence-corrected chi connectivity index (χ1v) is 9.27. The third-order valence-corrected chi connectivity index (χ3v) is 5.11. The quantitative estimate of drug-likeness (QED) is 0.667. The zero-order valence-electron chi connectivity index (χ0n) is 14.5. The summed E-state index contributed by atoms with van der Waals surface area (Å²) in [5, 5.41) is 11.9. The summed E-state index contributed by atoms with van der Waals surface area (Å²) in [6.07, 6.45) is 0.723. The van der Waals surface area contributed by atoms with Gasteiger partial charge in [-0.3, -0.25) is 10.1 Å². The molecule has 0 radical (unpaired) electrons. The molecule has 2 atom stereocenters. The van der Waals surface area contributed by atoms with E-state index in [1.165, 1.54) is 6.92 Å². The first-order chi connectivity index (χ1) is 13.0. The second-order valence-corrected chi connectivity index (χ2v) is 7.25. The number of rotatable bonds is 3. The van der Waals surface area contributed by atoms with Crippen molar-refractivity contribution in [1.82, 2.24) is 14.8 Å². The van der Waals surface area contributed by atoms with Crippen LogP contribution in [0.25, 0.3) is 0 Å². The Morgan fingerprint density at radius 1 is 1.19 bits per heavy atom. The fourth-order valence-electron chi connectivity index (χ4n) is 3.31. The highest BCUT2D eigenvalue weighted by Crippen LogP contribution is 2.40. The van der Waals surface area contributed by atoms with Crippen molar-refractivity contribution in [3.63, 3.8) is 0 Å². The van der Waals surface area contributed by atoms with Crippen molar-refractivity contribution in [3.05, 3.63) is 69.7 Å². The number of benzene rings is 2. The molecule has 1 aliphatic rings. The second-order valence-electron chi connectivity index (χ2n) is 6.41. The minimum absolute atomic E-state index is 0.00502. The Labute approximate surface area is 166 Å². The van der Waals surface area contributed by atoms with E-state index < -0.39 is 0 Å². The van der Waals surface area contributed by atoms with Gasteiger partial charge in [0, 0.05) is 17.0 Å². The predicted octanol–water partition coefficient (Wildman–Crippen LogP) is 4.69. The number of anilines is 2. The molecule has 2 aromatic carbocycles. The van der Waals surface area contributed by atoms with Gasteiger partial charge in [0.05, 0.1) is 12.1 Å². The largest absolute Gasteiger partial charge is 0.347 e. The van der Waals surface area contributed by atoms with Crippen LogP contribution in [-0.4, -0.2) is 20.7 Å². The van der Waals surface area contributed by atoms with E-state index >= 15 is 0 Å². The highest BCUT2D eigenvalue weighted by Gasteiger charge is 2.32. The molecule has 6 nitrogen and oxygen atoms in total. The van der Waals surface area contributed by atoms with Crippen LogP contribution in [0.15, 0.2) is 48.5 Å². The zero-order valence-corrected chi connectivity index (χ0v) is 16.0. The molecule has 0 saturated carbocycles. The molecule has 0 saturated heterocycles. The molecule has 1 aromatic heterocycles. The standard InChI is InChI=1S/C19H17Cl2N5O/c1-11(27)22-18-24-19-23-16(12-6-8-13(20)9-7-12)10-17(26(19)25-18)14-4-2-3-5-15(14)21/h2-9,16-17H,10H2,1H3,(H2,22,23,24,25,27)/t16-,17+/m1/s1. The van der Waals surface area contributed by atoms with Crippen molar-refractivity contribution in [2.75, 3.05) is 10.6 Å². The third-order valence-electron chi connectivity index (χ3n) is 4.51. The summed E-state index contributed by atoms with van der Waals surface area (Å²) in [4.78, 5) is 15.8. The zero-order chi connectivity index (χ0) is 19.0. The van der Waals surface area contributed by atoms with Gasteiger partial charge in [0.25, 0.3) is 5.95 Å². The van der Waals surface area contributed by atoms with E-state index in [1.54, 1.807) is 4.68 Å². The predicted molar refractivity (Wildman–Crippen MR) is 106 cm³/mol. The van der Waals surface area contributed by atoms with Gasteiger partial charge in [-0.1, -0.05) is 53.5 Å². The Kier molecular flexibility index (Phi) is 4.76. The van der Waals surface area contributed by atoms with Gasteiger partial charge in [0.2, 0.25) is 11.9 Å². The first kappa shape index (κ1) is 17.8. The molecule has 2 N–H and O–H groups in total. The van der Waals surface area contributed by atoms with E-state index in [9.17, 15) is 4.79 Å². The minimum atomic E-state index is -0.221. The van der Waals surface area contributed by atoms with Gasteiger partial charge in [-0.05, 0) is 35.7 Å². The fourth-order valence-corrected chi connectivity index (χ4v) is 3.69. The lowest BCUT2D eigenvalue weighted by atomic mass is 9.93. The number of aromatic nitrogens is 3. The molecule has 1 amide bonds. The molecular weight excluding hydrogens is 385 g/mol. The van der Waals surface area contributed by atoms with E-state index in [-0.39, 0.29) is 23.9 Å². The van der Waals surface area contributed by atoms with Crippen molar-refractivity contribution in [3.8, 4) is 0 Å². The Hall–Kier alpha value is -2.57. The first-order valence-electron chi connectivity index (χ1n) is 8.52. The Bertz CT molecular complexity index is 986. The maximum atomic E-state index is 11.4. The number of hydrogen-bond donors (Lipinski definition) is 2. The van der Waals surface area contributed by atoms with Gasteiger partial charge in [0.15, 0.2) is 0 Å². The summed E-state index contributed by atoms with van der Waals surface area (Å²) < 4.78 is 1.78. The molecule has 8 heteroatoms. The lowest BCUT2D eigenvalue weighted by molar-refractivity contribution is -0.114. The fraction of sp³-hybridized carbons (Fsp3) is 0.211. The van der Waals surface area contributed by atoms with Crippen molar-refractivity contribution in [1.29, 1.82) is 0 Å². The second kappa shape index (κ2) is 7.21. The molecule has 3 aromatic rings. The molecule has 2 heterocycles. The third kappa shape index (κ3) is 3.63. The highest BCUT2D eigenvalue weighted by molar-refractivity contribution is 6.31. The smallest absolute Gasteiger partial charge is 0.250 e. The van der Waals surface area contributed by atoms with Crippen LogP contribution in [0.1, 0.15) is 36.6 Å². The van der Waals surface area contributed by atoms with Crippen molar-refractivity contribution in [2.24, 2.45) is 0 Å². The molecule has 0 bridgehead atoms. The van der Waals surface area contributed by atoms with Gasteiger partial charge < -0.3 is 5.32 Å². The van der Waals surface area contributed by atoms with Crippen LogP contribution in [0.3, 0.4) is 0 Å². The summed E-state index contributed by atoms with van der Waals surface area (Å²) in [6, 6.07) is 15.3. The number of fused-ring (bicyclic) bond motifs is 1.